The summed E-state index contributed by atoms with van der Waals surface area (Å²) >= 11 is 0. The van der Waals surface area contributed by atoms with Gasteiger partial charge in [0, 0.05) is 44.1 Å². The monoisotopic (exact) mass is 395 g/mol. The highest BCUT2D eigenvalue weighted by Gasteiger charge is 2.23. The molecule has 3 heterocycles. The lowest BCUT2D eigenvalue weighted by atomic mass is 10.1. The molecule has 0 aliphatic carbocycles. The van der Waals surface area contributed by atoms with Crippen LogP contribution in [0.3, 0.4) is 0 Å². The largest absolute Gasteiger partial charge is 0.352 e. The Morgan fingerprint density at radius 3 is 2.37 bits per heavy atom. The Hall–Kier alpha value is -3.80. The summed E-state index contributed by atoms with van der Waals surface area (Å²) in [5.74, 6) is 0.869. The zero-order valence-electron chi connectivity index (χ0n) is 16.5. The second kappa shape index (κ2) is 7.91. The van der Waals surface area contributed by atoms with Crippen LogP contribution in [-0.2, 0) is 0 Å². The van der Waals surface area contributed by atoms with Crippen molar-refractivity contribution in [2.45, 2.75) is 0 Å². The summed E-state index contributed by atoms with van der Waals surface area (Å²) in [6.07, 6.45) is 3.29. The van der Waals surface area contributed by atoms with Crippen LogP contribution in [-0.4, -0.2) is 52.2 Å². The van der Waals surface area contributed by atoms with E-state index in [1.807, 2.05) is 29.2 Å². The molecule has 0 spiro atoms. The topological polar surface area (TPSA) is 62.2 Å². The van der Waals surface area contributed by atoms with Crippen LogP contribution in [0.5, 0.6) is 0 Å². The van der Waals surface area contributed by atoms with Crippen LogP contribution in [0.15, 0.2) is 79.1 Å². The molecule has 1 saturated heterocycles. The van der Waals surface area contributed by atoms with E-state index in [0.29, 0.717) is 18.7 Å². The van der Waals surface area contributed by atoms with Crippen LogP contribution in [0.2, 0.25) is 0 Å². The first-order chi connectivity index (χ1) is 14.8. The molecular weight excluding hydrogens is 374 g/mol. The molecule has 4 aromatic rings. The summed E-state index contributed by atoms with van der Waals surface area (Å²) in [4.78, 5) is 20.7. The van der Waals surface area contributed by atoms with Gasteiger partial charge in [0.15, 0.2) is 5.82 Å². The quantitative estimate of drug-likeness (QED) is 0.530. The number of hydrogen-bond donors (Lipinski definition) is 0. The number of aromatic nitrogens is 3. The molecule has 6 heteroatoms. The third-order valence-corrected chi connectivity index (χ3v) is 5.50. The average Bonchev–Trinajstić information content (AvgIpc) is 2.84. The molecule has 0 bridgehead atoms. The number of benzene rings is 2. The molecule has 6 nitrogen and oxygen atoms in total. The molecule has 5 rings (SSSR count). The number of piperazine rings is 1. The lowest BCUT2D eigenvalue weighted by Crippen LogP contribution is -2.49. The van der Waals surface area contributed by atoms with Crippen LogP contribution in [0.4, 0.5) is 5.82 Å². The standard InChI is InChI=1S/C24H21N5O/c30-24(21-6-3-11-25-17-21)29-14-12-28(13-15-29)23-10-9-22(26-27-23)20-8-7-18-4-1-2-5-19(18)16-20/h1-11,16-17H,12-15H2. The van der Waals surface area contributed by atoms with Crippen LogP contribution >= 0.6 is 0 Å². The Bertz CT molecular complexity index is 1170. The third kappa shape index (κ3) is 3.59. The van der Waals surface area contributed by atoms with E-state index in [1.54, 1.807) is 24.5 Å². The van der Waals surface area contributed by atoms with Gasteiger partial charge in [0.2, 0.25) is 0 Å². The molecule has 0 atom stereocenters. The van der Waals surface area contributed by atoms with E-state index in [0.717, 1.165) is 30.2 Å². The van der Waals surface area contributed by atoms with E-state index in [4.69, 9.17) is 0 Å². The number of fused-ring (bicyclic) bond motifs is 1. The zero-order chi connectivity index (χ0) is 20.3. The second-order valence-corrected chi connectivity index (χ2v) is 7.36. The summed E-state index contributed by atoms with van der Waals surface area (Å²) in [6.45, 7) is 2.77. The van der Waals surface area contributed by atoms with Gasteiger partial charge in [0.25, 0.3) is 5.91 Å². The number of amides is 1. The smallest absolute Gasteiger partial charge is 0.255 e. The van der Waals surface area contributed by atoms with E-state index in [1.165, 1.54) is 10.8 Å². The minimum Gasteiger partial charge on any atom is -0.352 e. The molecule has 0 N–H and O–H groups in total. The van der Waals surface area contributed by atoms with Gasteiger partial charge in [0.1, 0.15) is 0 Å². The van der Waals surface area contributed by atoms with Crippen molar-refractivity contribution in [1.82, 2.24) is 20.1 Å². The lowest BCUT2D eigenvalue weighted by molar-refractivity contribution is 0.0746. The molecule has 0 unspecified atom stereocenters. The maximum absolute atomic E-state index is 12.6. The summed E-state index contributed by atoms with van der Waals surface area (Å²) in [5.41, 5.74) is 2.54. The average molecular weight is 395 g/mol. The Kier molecular flexibility index (Phi) is 4.81. The molecule has 1 aliphatic heterocycles. The van der Waals surface area contributed by atoms with Gasteiger partial charge in [0.05, 0.1) is 11.3 Å². The summed E-state index contributed by atoms with van der Waals surface area (Å²) in [5, 5.41) is 11.3. The molecule has 2 aromatic carbocycles. The van der Waals surface area contributed by atoms with Gasteiger partial charge in [-0.15, -0.1) is 10.2 Å². The second-order valence-electron chi connectivity index (χ2n) is 7.36. The fourth-order valence-electron chi connectivity index (χ4n) is 3.81. The van der Waals surface area contributed by atoms with E-state index in [9.17, 15) is 4.79 Å². The molecule has 0 saturated carbocycles. The zero-order valence-corrected chi connectivity index (χ0v) is 16.5. The van der Waals surface area contributed by atoms with Crippen molar-refractivity contribution in [1.29, 1.82) is 0 Å². The number of pyridine rings is 1. The molecule has 148 valence electrons. The van der Waals surface area contributed by atoms with Crippen LogP contribution < -0.4 is 4.90 Å². The van der Waals surface area contributed by atoms with Crippen molar-refractivity contribution in [2.24, 2.45) is 0 Å². The van der Waals surface area contributed by atoms with Crippen LogP contribution in [0.1, 0.15) is 10.4 Å². The Morgan fingerprint density at radius 1 is 0.800 bits per heavy atom. The van der Waals surface area contributed by atoms with Crippen molar-refractivity contribution < 1.29 is 4.79 Å². The fraction of sp³-hybridized carbons (Fsp3) is 0.167. The van der Waals surface area contributed by atoms with Crippen molar-refractivity contribution >= 4 is 22.5 Å². The fourth-order valence-corrected chi connectivity index (χ4v) is 3.81. The number of nitrogens with zero attached hydrogens (tertiary/aromatic N) is 5. The van der Waals surface area contributed by atoms with E-state index in [2.05, 4.69) is 50.4 Å². The maximum atomic E-state index is 12.6. The van der Waals surface area contributed by atoms with Gasteiger partial charge in [-0.1, -0.05) is 36.4 Å². The van der Waals surface area contributed by atoms with Gasteiger partial charge in [-0.2, -0.15) is 0 Å². The normalized spacial score (nSPS) is 14.1. The summed E-state index contributed by atoms with van der Waals surface area (Å²) in [7, 11) is 0. The number of carbonyl (C=O) groups excluding carboxylic acids is 1. The van der Waals surface area contributed by atoms with Crippen molar-refractivity contribution in [3.8, 4) is 11.3 Å². The Balaban J connectivity index is 1.26. The number of carbonyl (C=O) groups is 1. The Labute approximate surface area is 174 Å². The number of anilines is 1. The van der Waals surface area contributed by atoms with Gasteiger partial charge >= 0.3 is 0 Å². The third-order valence-electron chi connectivity index (χ3n) is 5.50. The summed E-state index contributed by atoms with van der Waals surface area (Å²) < 4.78 is 0. The molecular formula is C24H21N5O. The molecule has 30 heavy (non-hydrogen) atoms. The highest BCUT2D eigenvalue weighted by molar-refractivity contribution is 5.94. The van der Waals surface area contributed by atoms with E-state index in [-0.39, 0.29) is 5.91 Å². The maximum Gasteiger partial charge on any atom is 0.255 e. The highest BCUT2D eigenvalue weighted by atomic mass is 16.2. The number of hydrogen-bond acceptors (Lipinski definition) is 5. The van der Waals surface area contributed by atoms with E-state index < -0.39 is 0 Å². The van der Waals surface area contributed by atoms with Gasteiger partial charge in [-0.25, -0.2) is 0 Å². The van der Waals surface area contributed by atoms with Gasteiger partial charge in [-0.3, -0.25) is 9.78 Å². The van der Waals surface area contributed by atoms with E-state index >= 15 is 0 Å². The first kappa shape index (κ1) is 18.2. The molecule has 0 radical (unpaired) electrons. The van der Waals surface area contributed by atoms with Crippen LogP contribution in [0.25, 0.3) is 22.0 Å². The highest BCUT2D eigenvalue weighted by Crippen LogP contribution is 2.24. The summed E-state index contributed by atoms with van der Waals surface area (Å²) in [6, 6.07) is 22.2. The molecule has 1 aliphatic rings. The first-order valence-electron chi connectivity index (χ1n) is 10.0. The SMILES string of the molecule is O=C(c1cccnc1)N1CCN(c2ccc(-c3ccc4ccccc4c3)nn2)CC1. The van der Waals surface area contributed by atoms with Gasteiger partial charge < -0.3 is 9.80 Å². The predicted octanol–water partition coefficient (Wildman–Crippen LogP) is 3.65. The molecule has 1 fully saturated rings. The van der Waals surface area contributed by atoms with Crippen molar-refractivity contribution in [3.63, 3.8) is 0 Å². The van der Waals surface area contributed by atoms with Gasteiger partial charge in [-0.05, 0) is 41.1 Å². The Morgan fingerprint density at radius 2 is 1.63 bits per heavy atom. The van der Waals surface area contributed by atoms with Crippen LogP contribution in [0, 0.1) is 0 Å². The minimum atomic E-state index is 0.0282. The minimum absolute atomic E-state index is 0.0282. The van der Waals surface area contributed by atoms with Crippen molar-refractivity contribution in [3.05, 3.63) is 84.7 Å². The molecule has 2 aromatic heterocycles. The predicted molar refractivity (Wildman–Crippen MR) is 117 cm³/mol. The molecule has 1 amide bonds. The first-order valence-corrected chi connectivity index (χ1v) is 10.0. The van der Waals surface area contributed by atoms with Crippen molar-refractivity contribution in [2.75, 3.05) is 31.1 Å². The lowest BCUT2D eigenvalue weighted by Gasteiger charge is -2.35. The number of rotatable bonds is 3.